The molecule has 0 saturated carbocycles. The summed E-state index contributed by atoms with van der Waals surface area (Å²) in [5.74, 6) is 0. The number of nitrogens with zero attached hydrogens (tertiary/aromatic N) is 1. The summed E-state index contributed by atoms with van der Waals surface area (Å²) in [6.45, 7) is 6.42. The zero-order valence-corrected chi connectivity index (χ0v) is 14.6. The smallest absolute Gasteiger partial charge is 0.0593 e. The predicted molar refractivity (Wildman–Crippen MR) is 93.1 cm³/mol. The van der Waals surface area contributed by atoms with E-state index in [1.807, 2.05) is 23.5 Å². The second-order valence-electron chi connectivity index (χ2n) is 5.65. The molecule has 0 bridgehead atoms. The van der Waals surface area contributed by atoms with Crippen LogP contribution in [0.1, 0.15) is 41.2 Å². The van der Waals surface area contributed by atoms with Gasteiger partial charge in [0.2, 0.25) is 0 Å². The SMILES string of the molecule is Cc1ccc(C(C(C)N)N(C)C(C)c2ccc(Cl)cc2)s1. The molecule has 3 unspecified atom stereocenters. The molecule has 2 rings (SSSR count). The van der Waals surface area contributed by atoms with Crippen molar-refractivity contribution >= 4 is 22.9 Å². The van der Waals surface area contributed by atoms with Gasteiger partial charge in [0.15, 0.2) is 0 Å². The van der Waals surface area contributed by atoms with Gasteiger partial charge in [-0.3, -0.25) is 4.90 Å². The van der Waals surface area contributed by atoms with E-state index in [0.29, 0.717) is 0 Å². The number of hydrogen-bond acceptors (Lipinski definition) is 3. The molecule has 0 aliphatic rings. The summed E-state index contributed by atoms with van der Waals surface area (Å²) < 4.78 is 0. The predicted octanol–water partition coefficient (Wildman–Crippen LogP) is 4.79. The molecule has 1 aromatic carbocycles. The van der Waals surface area contributed by atoms with Gasteiger partial charge in [0.25, 0.3) is 0 Å². The van der Waals surface area contributed by atoms with Crippen LogP contribution in [0.25, 0.3) is 0 Å². The number of thiophene rings is 1. The van der Waals surface area contributed by atoms with Gasteiger partial charge >= 0.3 is 0 Å². The third-order valence-corrected chi connectivity index (χ3v) is 5.28. The molecule has 2 N–H and O–H groups in total. The third kappa shape index (κ3) is 3.86. The van der Waals surface area contributed by atoms with E-state index in [2.05, 4.69) is 57.0 Å². The molecule has 0 radical (unpaired) electrons. The van der Waals surface area contributed by atoms with Crippen molar-refractivity contribution in [3.63, 3.8) is 0 Å². The van der Waals surface area contributed by atoms with E-state index < -0.39 is 0 Å². The van der Waals surface area contributed by atoms with Crippen molar-refractivity contribution in [1.29, 1.82) is 0 Å². The van der Waals surface area contributed by atoms with Gasteiger partial charge in [-0.25, -0.2) is 0 Å². The number of benzene rings is 1. The van der Waals surface area contributed by atoms with Crippen LogP contribution >= 0.6 is 22.9 Å². The molecule has 0 amide bonds. The molecule has 21 heavy (non-hydrogen) atoms. The highest BCUT2D eigenvalue weighted by Gasteiger charge is 2.26. The Morgan fingerprint density at radius 1 is 1.10 bits per heavy atom. The van der Waals surface area contributed by atoms with Gasteiger partial charge in [0.05, 0.1) is 6.04 Å². The fourth-order valence-corrected chi connectivity index (χ4v) is 3.93. The Hall–Kier alpha value is -0.870. The van der Waals surface area contributed by atoms with Crippen molar-refractivity contribution < 1.29 is 0 Å². The molecule has 2 nitrogen and oxygen atoms in total. The van der Waals surface area contributed by atoms with E-state index in [0.717, 1.165) is 5.02 Å². The molecule has 114 valence electrons. The van der Waals surface area contributed by atoms with Crippen LogP contribution in [-0.4, -0.2) is 18.0 Å². The zero-order valence-electron chi connectivity index (χ0n) is 13.0. The number of hydrogen-bond donors (Lipinski definition) is 1. The molecule has 1 aromatic heterocycles. The topological polar surface area (TPSA) is 29.3 Å². The zero-order chi connectivity index (χ0) is 15.6. The molecular formula is C17H23ClN2S. The molecular weight excluding hydrogens is 300 g/mol. The first-order valence-electron chi connectivity index (χ1n) is 7.19. The fourth-order valence-electron chi connectivity index (χ4n) is 2.66. The van der Waals surface area contributed by atoms with E-state index in [4.69, 9.17) is 17.3 Å². The minimum absolute atomic E-state index is 0.0720. The quantitative estimate of drug-likeness (QED) is 0.857. The first kappa shape index (κ1) is 16.5. The van der Waals surface area contributed by atoms with Crippen LogP contribution in [0.5, 0.6) is 0 Å². The van der Waals surface area contributed by atoms with Crippen molar-refractivity contribution in [2.75, 3.05) is 7.05 Å². The summed E-state index contributed by atoms with van der Waals surface area (Å²) in [4.78, 5) is 4.99. The van der Waals surface area contributed by atoms with Crippen molar-refractivity contribution in [3.8, 4) is 0 Å². The summed E-state index contributed by atoms with van der Waals surface area (Å²) >= 11 is 7.80. The van der Waals surface area contributed by atoms with Crippen LogP contribution in [0.15, 0.2) is 36.4 Å². The van der Waals surface area contributed by atoms with Crippen molar-refractivity contribution in [1.82, 2.24) is 4.90 Å². The maximum atomic E-state index is 6.26. The standard InChI is InChI=1S/C17H23ClN2S/c1-11-5-10-16(21-11)17(12(2)19)20(4)13(3)14-6-8-15(18)9-7-14/h5-10,12-13,17H,19H2,1-4H3. The maximum absolute atomic E-state index is 6.26. The number of halogens is 1. The highest BCUT2D eigenvalue weighted by atomic mass is 35.5. The average Bonchev–Trinajstić information content (AvgIpc) is 2.84. The van der Waals surface area contributed by atoms with Gasteiger partial charge < -0.3 is 5.73 Å². The molecule has 0 fully saturated rings. The molecule has 0 aliphatic carbocycles. The Bertz CT molecular complexity index is 577. The highest BCUT2D eigenvalue weighted by molar-refractivity contribution is 7.12. The molecule has 2 aromatic rings. The van der Waals surface area contributed by atoms with Crippen LogP contribution in [0, 0.1) is 6.92 Å². The first-order valence-corrected chi connectivity index (χ1v) is 8.39. The van der Waals surface area contributed by atoms with E-state index >= 15 is 0 Å². The van der Waals surface area contributed by atoms with Crippen LogP contribution < -0.4 is 5.73 Å². The van der Waals surface area contributed by atoms with Gasteiger partial charge in [-0.05, 0) is 57.6 Å². The second-order valence-corrected chi connectivity index (χ2v) is 7.40. The monoisotopic (exact) mass is 322 g/mol. The molecule has 0 saturated heterocycles. The lowest BCUT2D eigenvalue weighted by Gasteiger charge is -2.35. The molecule has 4 heteroatoms. The van der Waals surface area contributed by atoms with Crippen molar-refractivity contribution in [2.45, 2.75) is 38.9 Å². The summed E-state index contributed by atoms with van der Waals surface area (Å²) in [7, 11) is 2.14. The number of nitrogens with two attached hydrogens (primary N) is 1. The van der Waals surface area contributed by atoms with Crippen LogP contribution in [-0.2, 0) is 0 Å². The first-order chi connectivity index (χ1) is 9.90. The average molecular weight is 323 g/mol. The van der Waals surface area contributed by atoms with Gasteiger partial charge in [-0.15, -0.1) is 11.3 Å². The lowest BCUT2D eigenvalue weighted by Crippen LogP contribution is -2.38. The Kier molecular flexibility index (Phi) is 5.44. The van der Waals surface area contributed by atoms with Crippen LogP contribution in [0.3, 0.4) is 0 Å². The minimum atomic E-state index is 0.0720. The minimum Gasteiger partial charge on any atom is -0.326 e. The Labute approximate surface area is 136 Å². The van der Waals surface area contributed by atoms with E-state index in [1.165, 1.54) is 15.3 Å². The molecule has 0 aliphatic heterocycles. The van der Waals surface area contributed by atoms with Crippen LogP contribution in [0.4, 0.5) is 0 Å². The molecule has 3 atom stereocenters. The lowest BCUT2D eigenvalue weighted by molar-refractivity contribution is 0.168. The molecule has 0 spiro atoms. The summed E-state index contributed by atoms with van der Waals surface area (Å²) in [5, 5.41) is 0.770. The van der Waals surface area contributed by atoms with E-state index in [-0.39, 0.29) is 18.1 Å². The van der Waals surface area contributed by atoms with E-state index in [1.54, 1.807) is 0 Å². The Morgan fingerprint density at radius 3 is 2.19 bits per heavy atom. The lowest BCUT2D eigenvalue weighted by atomic mass is 10.0. The highest BCUT2D eigenvalue weighted by Crippen LogP contribution is 2.34. The third-order valence-electron chi connectivity index (χ3n) is 3.95. The normalized spacial score (nSPS) is 16.0. The maximum Gasteiger partial charge on any atom is 0.0593 e. The molecule has 1 heterocycles. The van der Waals surface area contributed by atoms with Gasteiger partial charge in [-0.2, -0.15) is 0 Å². The fraction of sp³-hybridized carbons (Fsp3) is 0.412. The van der Waals surface area contributed by atoms with Gasteiger partial charge in [-0.1, -0.05) is 23.7 Å². The van der Waals surface area contributed by atoms with Gasteiger partial charge in [0.1, 0.15) is 0 Å². The number of rotatable bonds is 5. The van der Waals surface area contributed by atoms with Crippen molar-refractivity contribution in [2.24, 2.45) is 5.73 Å². The second kappa shape index (κ2) is 6.93. The van der Waals surface area contributed by atoms with Gasteiger partial charge in [0, 0.05) is 26.9 Å². The Morgan fingerprint density at radius 2 is 1.71 bits per heavy atom. The number of likely N-dealkylation sites (N-methyl/N-ethyl adjacent to an activating group) is 1. The van der Waals surface area contributed by atoms with E-state index in [9.17, 15) is 0 Å². The summed E-state index contributed by atoms with van der Waals surface area (Å²) in [6.07, 6.45) is 0. The Balaban J connectivity index is 2.25. The summed E-state index contributed by atoms with van der Waals surface area (Å²) in [5.41, 5.74) is 7.51. The summed E-state index contributed by atoms with van der Waals surface area (Å²) in [6, 6.07) is 13.0. The van der Waals surface area contributed by atoms with Crippen LogP contribution in [0.2, 0.25) is 5.02 Å². The number of aryl methyl sites for hydroxylation is 1. The largest absolute Gasteiger partial charge is 0.326 e. The van der Waals surface area contributed by atoms with Crippen molar-refractivity contribution in [3.05, 3.63) is 56.7 Å².